The van der Waals surface area contributed by atoms with Gasteiger partial charge < -0.3 is 14.8 Å². The lowest BCUT2D eigenvalue weighted by atomic mass is 9.96. The normalized spacial score (nSPS) is 12.9. The first-order valence-corrected chi connectivity index (χ1v) is 11.5. The number of nitrogens with zero attached hydrogens (tertiary/aromatic N) is 1. The summed E-state index contributed by atoms with van der Waals surface area (Å²) in [5.41, 5.74) is 1.98. The number of benzene rings is 2. The van der Waals surface area contributed by atoms with Crippen LogP contribution in [0.1, 0.15) is 50.8 Å². The van der Waals surface area contributed by atoms with E-state index in [4.69, 9.17) is 9.47 Å². The van der Waals surface area contributed by atoms with Gasteiger partial charge in [-0.25, -0.2) is 0 Å². The van der Waals surface area contributed by atoms with Gasteiger partial charge in [-0.15, -0.1) is 0 Å². The zero-order chi connectivity index (χ0) is 23.2. The topological polar surface area (TPSA) is 67.9 Å². The molecule has 0 heterocycles. The van der Waals surface area contributed by atoms with Crippen LogP contribution < -0.4 is 5.32 Å². The maximum Gasteiger partial charge on any atom is 0.325 e. The van der Waals surface area contributed by atoms with Crippen LogP contribution in [0.3, 0.4) is 0 Å². The van der Waals surface area contributed by atoms with Gasteiger partial charge in [0.25, 0.3) is 0 Å². The van der Waals surface area contributed by atoms with Crippen LogP contribution in [0.25, 0.3) is 0 Å². The highest BCUT2D eigenvalue weighted by Crippen LogP contribution is 2.25. The highest BCUT2D eigenvalue weighted by atomic mass is 16.5. The summed E-state index contributed by atoms with van der Waals surface area (Å²) in [4.78, 5) is 27.7. The van der Waals surface area contributed by atoms with Crippen LogP contribution in [0.2, 0.25) is 0 Å². The number of ether oxygens (including phenoxy) is 2. The highest BCUT2D eigenvalue weighted by Gasteiger charge is 2.37. The molecular formula is C26H36N2O4. The summed E-state index contributed by atoms with van der Waals surface area (Å²) in [6.07, 6.45) is 2.02. The van der Waals surface area contributed by atoms with Crippen LogP contribution in [0, 0.1) is 0 Å². The van der Waals surface area contributed by atoms with Gasteiger partial charge in [-0.3, -0.25) is 14.5 Å². The first-order chi connectivity index (χ1) is 15.6. The molecule has 0 spiro atoms. The molecule has 174 valence electrons. The van der Waals surface area contributed by atoms with Crippen LogP contribution in [0.15, 0.2) is 60.7 Å². The molecular weight excluding hydrogens is 404 g/mol. The van der Waals surface area contributed by atoms with Crippen LogP contribution in [0.4, 0.5) is 0 Å². The number of carbonyl (C=O) groups excluding carboxylic acids is 2. The lowest BCUT2D eigenvalue weighted by Gasteiger charge is -2.35. The Morgan fingerprint density at radius 3 is 2.12 bits per heavy atom. The fourth-order valence-corrected chi connectivity index (χ4v) is 3.67. The number of rotatable bonds is 14. The second-order valence-corrected chi connectivity index (χ2v) is 7.59. The summed E-state index contributed by atoms with van der Waals surface area (Å²) < 4.78 is 10.7. The minimum Gasteiger partial charge on any atom is -0.465 e. The molecule has 0 fully saturated rings. The third-order valence-corrected chi connectivity index (χ3v) is 5.16. The van der Waals surface area contributed by atoms with Crippen molar-refractivity contribution in [2.24, 2.45) is 0 Å². The first-order valence-electron chi connectivity index (χ1n) is 11.5. The van der Waals surface area contributed by atoms with E-state index in [1.165, 1.54) is 0 Å². The van der Waals surface area contributed by atoms with E-state index in [1.54, 1.807) is 13.8 Å². The maximum absolute atomic E-state index is 13.3. The smallest absolute Gasteiger partial charge is 0.325 e. The molecule has 0 aromatic heterocycles. The van der Waals surface area contributed by atoms with Gasteiger partial charge >= 0.3 is 11.9 Å². The second-order valence-electron chi connectivity index (χ2n) is 7.59. The molecule has 6 nitrogen and oxygen atoms in total. The lowest BCUT2D eigenvalue weighted by molar-refractivity contribution is -0.154. The van der Waals surface area contributed by atoms with Crippen molar-refractivity contribution in [3.63, 3.8) is 0 Å². The minimum atomic E-state index is -0.696. The predicted octanol–water partition coefficient (Wildman–Crippen LogP) is 4.11. The van der Waals surface area contributed by atoms with E-state index in [-0.39, 0.29) is 31.1 Å². The molecule has 0 unspecified atom stereocenters. The quantitative estimate of drug-likeness (QED) is 0.352. The average molecular weight is 441 g/mol. The SMILES string of the molecule is CCCCN[C@@H](c1ccccc1)[C@@H](C(=O)OCC)N(CC(=O)OCC)Cc1ccccc1. The Morgan fingerprint density at radius 2 is 1.53 bits per heavy atom. The van der Waals surface area contributed by atoms with Crippen molar-refractivity contribution in [3.05, 3.63) is 71.8 Å². The fraction of sp³-hybridized carbons (Fsp3) is 0.462. The van der Waals surface area contributed by atoms with E-state index < -0.39 is 6.04 Å². The van der Waals surface area contributed by atoms with Gasteiger partial charge in [0.05, 0.1) is 25.8 Å². The maximum atomic E-state index is 13.3. The molecule has 0 saturated carbocycles. The molecule has 0 aliphatic carbocycles. The van der Waals surface area contributed by atoms with E-state index in [0.29, 0.717) is 13.2 Å². The van der Waals surface area contributed by atoms with Crippen molar-refractivity contribution in [2.75, 3.05) is 26.3 Å². The Bertz CT molecular complexity index is 798. The molecule has 0 amide bonds. The minimum absolute atomic E-state index is 0.00892. The molecule has 0 bridgehead atoms. The van der Waals surface area contributed by atoms with Gasteiger partial charge in [-0.05, 0) is 37.9 Å². The average Bonchev–Trinajstić information content (AvgIpc) is 2.80. The molecule has 0 aliphatic rings. The molecule has 0 radical (unpaired) electrons. The van der Waals surface area contributed by atoms with E-state index in [1.807, 2.05) is 65.6 Å². The molecule has 0 aliphatic heterocycles. The highest BCUT2D eigenvalue weighted by molar-refractivity contribution is 5.79. The van der Waals surface area contributed by atoms with Crippen LogP contribution in [-0.4, -0.2) is 49.2 Å². The van der Waals surface area contributed by atoms with Crippen molar-refractivity contribution >= 4 is 11.9 Å². The molecule has 1 N–H and O–H groups in total. The van der Waals surface area contributed by atoms with Gasteiger partial charge in [0.2, 0.25) is 0 Å². The summed E-state index contributed by atoms with van der Waals surface area (Å²) in [5.74, 6) is -0.719. The van der Waals surface area contributed by atoms with E-state index in [2.05, 4.69) is 12.2 Å². The lowest BCUT2D eigenvalue weighted by Crippen LogP contribution is -2.52. The van der Waals surface area contributed by atoms with Crippen molar-refractivity contribution in [1.29, 1.82) is 0 Å². The van der Waals surface area contributed by atoms with Crippen molar-refractivity contribution in [2.45, 2.75) is 52.2 Å². The fourth-order valence-electron chi connectivity index (χ4n) is 3.67. The van der Waals surface area contributed by atoms with E-state index in [9.17, 15) is 9.59 Å². The molecule has 2 rings (SSSR count). The van der Waals surface area contributed by atoms with Crippen molar-refractivity contribution in [3.8, 4) is 0 Å². The zero-order valence-electron chi connectivity index (χ0n) is 19.5. The summed E-state index contributed by atoms with van der Waals surface area (Å²) in [7, 11) is 0. The van der Waals surface area contributed by atoms with Gasteiger partial charge in [-0.2, -0.15) is 0 Å². The first kappa shape index (κ1) is 25.6. The van der Waals surface area contributed by atoms with Crippen LogP contribution in [-0.2, 0) is 25.6 Å². The third-order valence-electron chi connectivity index (χ3n) is 5.16. The molecule has 0 saturated heterocycles. The van der Waals surface area contributed by atoms with Gasteiger partial charge in [-0.1, -0.05) is 74.0 Å². The van der Waals surface area contributed by atoms with Crippen LogP contribution >= 0.6 is 0 Å². The van der Waals surface area contributed by atoms with Crippen molar-refractivity contribution in [1.82, 2.24) is 10.2 Å². The Kier molecular flexibility index (Phi) is 11.5. The Labute approximate surface area is 191 Å². The second kappa shape index (κ2) is 14.4. The zero-order valence-corrected chi connectivity index (χ0v) is 19.5. The number of hydrogen-bond acceptors (Lipinski definition) is 6. The number of carbonyl (C=O) groups is 2. The number of nitrogens with one attached hydrogen (secondary N) is 1. The summed E-state index contributed by atoms with van der Waals surface area (Å²) >= 11 is 0. The largest absolute Gasteiger partial charge is 0.465 e. The summed E-state index contributed by atoms with van der Waals surface area (Å²) in [5, 5.41) is 3.55. The third kappa shape index (κ3) is 8.09. The van der Waals surface area contributed by atoms with Gasteiger partial charge in [0, 0.05) is 6.54 Å². The molecule has 32 heavy (non-hydrogen) atoms. The number of unbranched alkanes of at least 4 members (excludes halogenated alkanes) is 1. The number of hydrogen-bond donors (Lipinski definition) is 1. The summed E-state index contributed by atoms with van der Waals surface area (Å²) in [6.45, 7) is 7.43. The van der Waals surface area contributed by atoms with Crippen LogP contribution in [0.5, 0.6) is 0 Å². The molecule has 2 aromatic rings. The van der Waals surface area contributed by atoms with E-state index in [0.717, 1.165) is 30.5 Å². The van der Waals surface area contributed by atoms with Crippen molar-refractivity contribution < 1.29 is 19.1 Å². The molecule has 2 atom stereocenters. The Balaban J connectivity index is 2.47. The van der Waals surface area contributed by atoms with Gasteiger partial charge in [0.15, 0.2) is 0 Å². The summed E-state index contributed by atoms with van der Waals surface area (Å²) in [6, 6.07) is 18.7. The predicted molar refractivity (Wildman–Crippen MR) is 126 cm³/mol. The molecule has 2 aromatic carbocycles. The monoisotopic (exact) mass is 440 g/mol. The Morgan fingerprint density at radius 1 is 0.906 bits per heavy atom. The standard InChI is InChI=1S/C26H36N2O4/c1-4-7-18-27-24(22-16-12-9-13-17-22)25(26(30)32-6-3)28(20-23(29)31-5-2)19-21-14-10-8-11-15-21/h8-17,24-25,27H,4-7,18-20H2,1-3H3/t24-,25-/m0/s1. The van der Waals surface area contributed by atoms with E-state index >= 15 is 0 Å². The van der Waals surface area contributed by atoms with Gasteiger partial charge in [0.1, 0.15) is 6.04 Å². The molecule has 6 heteroatoms. The Hall–Kier alpha value is -2.70. The number of esters is 2.